The number of benzene rings is 1. The Morgan fingerprint density at radius 2 is 2.14 bits per heavy atom. The number of nitrogens with two attached hydrogens (primary N) is 1. The molecule has 0 saturated carbocycles. The maximum absolute atomic E-state index is 12.7. The van der Waals surface area contributed by atoms with Crippen LogP contribution in [0, 0.1) is 0 Å². The topological polar surface area (TPSA) is 84.5 Å². The van der Waals surface area contributed by atoms with Crippen molar-refractivity contribution in [3.63, 3.8) is 0 Å². The fraction of sp³-hybridized carbons (Fsp3) is 0.250. The number of carbonyl (C=O) groups excluding carboxylic acids is 2. The Labute approximate surface area is 132 Å². The molecule has 0 spiro atoms. The van der Waals surface area contributed by atoms with Gasteiger partial charge in [-0.15, -0.1) is 0 Å². The Hall–Kier alpha value is -1.74. The van der Waals surface area contributed by atoms with Crippen molar-refractivity contribution in [3.05, 3.63) is 28.8 Å². The lowest BCUT2D eigenvalue weighted by atomic mass is 10.2. The number of nitrogens with zero attached hydrogens (tertiary/aromatic N) is 1. The van der Waals surface area contributed by atoms with Gasteiger partial charge in [-0.25, -0.2) is 0 Å². The van der Waals surface area contributed by atoms with E-state index in [2.05, 4.69) is 10.3 Å². The zero-order valence-corrected chi connectivity index (χ0v) is 12.4. The second kappa shape index (κ2) is 6.17. The Kier molecular flexibility index (Phi) is 4.66. The highest BCUT2D eigenvalue weighted by Gasteiger charge is 2.32. The zero-order valence-electron chi connectivity index (χ0n) is 10.8. The van der Waals surface area contributed by atoms with E-state index in [0.29, 0.717) is 0 Å². The molecular formula is C12H9ClF3N3O2S. The molecule has 1 aromatic carbocycles. The lowest BCUT2D eigenvalue weighted by Crippen LogP contribution is -2.33. The van der Waals surface area contributed by atoms with E-state index in [1.807, 2.05) is 0 Å². The number of aliphatic imine (C=N–C) groups is 1. The molecule has 5 nitrogen and oxygen atoms in total. The number of thioether (sulfide) groups is 1. The molecule has 1 aliphatic heterocycles. The minimum atomic E-state index is -4.56. The Morgan fingerprint density at radius 3 is 2.73 bits per heavy atom. The predicted molar refractivity (Wildman–Crippen MR) is 77.7 cm³/mol. The minimum absolute atomic E-state index is 0.0462. The van der Waals surface area contributed by atoms with Crippen LogP contribution in [0.25, 0.3) is 0 Å². The molecule has 0 saturated heterocycles. The van der Waals surface area contributed by atoms with E-state index in [1.54, 1.807) is 0 Å². The first-order valence-electron chi connectivity index (χ1n) is 5.88. The summed E-state index contributed by atoms with van der Waals surface area (Å²) in [6, 6.07) is 2.57. The molecular weight excluding hydrogens is 343 g/mol. The third-order valence-corrected chi connectivity index (χ3v) is 4.03. The summed E-state index contributed by atoms with van der Waals surface area (Å²) in [6.45, 7) is 0. The van der Waals surface area contributed by atoms with Crippen LogP contribution < -0.4 is 11.1 Å². The van der Waals surface area contributed by atoms with Gasteiger partial charge in [-0.3, -0.25) is 9.59 Å². The molecule has 22 heavy (non-hydrogen) atoms. The van der Waals surface area contributed by atoms with Crippen LogP contribution in [0.3, 0.4) is 0 Å². The number of hydrogen-bond donors (Lipinski definition) is 2. The van der Waals surface area contributed by atoms with E-state index in [-0.39, 0.29) is 22.3 Å². The number of rotatable bonds is 2. The summed E-state index contributed by atoms with van der Waals surface area (Å²) in [4.78, 5) is 26.7. The van der Waals surface area contributed by atoms with Crippen LogP contribution in [-0.4, -0.2) is 22.2 Å². The van der Waals surface area contributed by atoms with E-state index in [9.17, 15) is 22.8 Å². The summed E-state index contributed by atoms with van der Waals surface area (Å²) in [5.74, 6) is -1.23. The molecule has 0 aromatic heterocycles. The van der Waals surface area contributed by atoms with Crippen LogP contribution in [-0.2, 0) is 15.8 Å². The Morgan fingerprint density at radius 1 is 1.45 bits per heavy atom. The van der Waals surface area contributed by atoms with Crippen LogP contribution in [0.4, 0.5) is 18.9 Å². The number of carbonyl (C=O) groups is 2. The largest absolute Gasteiger partial charge is 0.416 e. The van der Waals surface area contributed by atoms with Crippen LogP contribution in [0.15, 0.2) is 23.2 Å². The lowest BCUT2D eigenvalue weighted by Gasteiger charge is -2.18. The van der Waals surface area contributed by atoms with Gasteiger partial charge < -0.3 is 11.1 Å². The summed E-state index contributed by atoms with van der Waals surface area (Å²) < 4.78 is 38.0. The molecule has 118 valence electrons. The third-order valence-electron chi connectivity index (χ3n) is 2.70. The highest BCUT2D eigenvalue weighted by Crippen LogP contribution is 2.34. The number of nitrogens with one attached hydrogen (secondary N) is 1. The van der Waals surface area contributed by atoms with Gasteiger partial charge in [0.2, 0.25) is 11.8 Å². The van der Waals surface area contributed by atoms with Gasteiger partial charge in [0, 0.05) is 0 Å². The van der Waals surface area contributed by atoms with Crippen LogP contribution in [0.5, 0.6) is 0 Å². The number of hydrogen-bond acceptors (Lipinski definition) is 4. The Bertz CT molecular complexity index is 664. The van der Waals surface area contributed by atoms with Crippen molar-refractivity contribution >= 4 is 46.0 Å². The molecule has 2 rings (SSSR count). The molecule has 1 heterocycles. The van der Waals surface area contributed by atoms with Gasteiger partial charge in [0.05, 0.1) is 22.7 Å². The quantitative estimate of drug-likeness (QED) is 0.857. The average Bonchev–Trinajstić information content (AvgIpc) is 2.38. The summed E-state index contributed by atoms with van der Waals surface area (Å²) in [7, 11) is 0. The van der Waals surface area contributed by atoms with Crippen molar-refractivity contribution in [2.24, 2.45) is 10.7 Å². The molecule has 3 N–H and O–H groups in total. The van der Waals surface area contributed by atoms with Gasteiger partial charge in [-0.1, -0.05) is 23.4 Å². The Balaban J connectivity index is 2.18. The molecule has 0 fully saturated rings. The van der Waals surface area contributed by atoms with E-state index in [0.717, 1.165) is 30.0 Å². The SMILES string of the molecule is NC1=NC(=O)CC(C(=O)Nc2cc(C(F)(F)F)ccc2Cl)S1. The molecule has 0 bridgehead atoms. The normalized spacial score (nSPS) is 18.8. The van der Waals surface area contributed by atoms with Gasteiger partial charge in [0.25, 0.3) is 0 Å². The first-order chi connectivity index (χ1) is 10.2. The first kappa shape index (κ1) is 16.6. The van der Waals surface area contributed by atoms with E-state index in [4.69, 9.17) is 17.3 Å². The van der Waals surface area contributed by atoms with Crippen molar-refractivity contribution < 1.29 is 22.8 Å². The summed E-state index contributed by atoms with van der Waals surface area (Å²) in [5, 5.41) is 1.30. The molecule has 0 aliphatic carbocycles. The molecule has 1 aromatic rings. The third kappa shape index (κ3) is 3.92. The summed E-state index contributed by atoms with van der Waals surface area (Å²) >= 11 is 6.65. The van der Waals surface area contributed by atoms with Gasteiger partial charge in [0.15, 0.2) is 5.17 Å². The van der Waals surface area contributed by atoms with Gasteiger partial charge in [0.1, 0.15) is 5.25 Å². The van der Waals surface area contributed by atoms with Gasteiger partial charge in [-0.2, -0.15) is 18.2 Å². The summed E-state index contributed by atoms with van der Waals surface area (Å²) in [5.41, 5.74) is 4.27. The van der Waals surface area contributed by atoms with Crippen molar-refractivity contribution in [2.75, 3.05) is 5.32 Å². The average molecular weight is 352 g/mol. The number of alkyl halides is 3. The molecule has 1 unspecified atom stereocenters. The van der Waals surface area contributed by atoms with E-state index < -0.39 is 28.8 Å². The fourth-order valence-corrected chi connectivity index (χ4v) is 2.70. The smallest absolute Gasteiger partial charge is 0.378 e. The van der Waals surface area contributed by atoms with Crippen molar-refractivity contribution in [3.8, 4) is 0 Å². The number of anilines is 1. The predicted octanol–water partition coefficient (Wildman–Crippen LogP) is 2.64. The molecule has 1 aliphatic rings. The molecule has 2 amide bonds. The summed E-state index contributed by atoms with van der Waals surface area (Å²) in [6.07, 6.45) is -4.75. The fourth-order valence-electron chi connectivity index (χ4n) is 1.70. The standard InChI is InChI=1S/C12H9ClF3N3O2S/c13-6-2-1-5(12(14,15)16)3-7(6)18-10(21)8-4-9(20)19-11(17)22-8/h1-3,8H,4H2,(H,18,21)(H2,17,19,20). The van der Waals surface area contributed by atoms with Gasteiger partial charge >= 0.3 is 6.18 Å². The molecule has 1 atom stereocenters. The number of halogens is 4. The maximum atomic E-state index is 12.7. The monoisotopic (exact) mass is 351 g/mol. The number of amides is 2. The maximum Gasteiger partial charge on any atom is 0.416 e. The second-order valence-electron chi connectivity index (χ2n) is 4.34. The van der Waals surface area contributed by atoms with Crippen LogP contribution in [0.2, 0.25) is 5.02 Å². The molecule has 10 heteroatoms. The highest BCUT2D eigenvalue weighted by atomic mass is 35.5. The lowest BCUT2D eigenvalue weighted by molar-refractivity contribution is -0.137. The molecule has 0 radical (unpaired) electrons. The first-order valence-corrected chi connectivity index (χ1v) is 7.14. The second-order valence-corrected chi connectivity index (χ2v) is 5.97. The van der Waals surface area contributed by atoms with Gasteiger partial charge in [-0.05, 0) is 18.2 Å². The van der Waals surface area contributed by atoms with Crippen LogP contribution in [0.1, 0.15) is 12.0 Å². The highest BCUT2D eigenvalue weighted by molar-refractivity contribution is 8.15. The van der Waals surface area contributed by atoms with Crippen molar-refractivity contribution in [1.29, 1.82) is 0 Å². The zero-order chi connectivity index (χ0) is 16.5. The van der Waals surface area contributed by atoms with Crippen molar-refractivity contribution in [2.45, 2.75) is 17.8 Å². The van der Waals surface area contributed by atoms with E-state index >= 15 is 0 Å². The van der Waals surface area contributed by atoms with Crippen molar-refractivity contribution in [1.82, 2.24) is 0 Å². The number of amidine groups is 1. The van der Waals surface area contributed by atoms with E-state index in [1.165, 1.54) is 0 Å². The minimum Gasteiger partial charge on any atom is -0.378 e. The van der Waals surface area contributed by atoms with Crippen LogP contribution >= 0.6 is 23.4 Å².